The Kier molecular flexibility index (Phi) is 6.68. The summed E-state index contributed by atoms with van der Waals surface area (Å²) in [6, 6.07) is 5.92. The molecule has 152 valence electrons. The summed E-state index contributed by atoms with van der Waals surface area (Å²) in [6.45, 7) is -0.0714. The maximum Gasteiger partial charge on any atom is 0.230 e. The molecule has 1 aliphatic rings. The molecule has 0 aliphatic heterocycles. The van der Waals surface area contributed by atoms with Crippen LogP contribution in [0.4, 0.5) is 4.39 Å². The number of nitrogens with zero attached hydrogens (tertiary/aromatic N) is 3. The van der Waals surface area contributed by atoms with E-state index in [1.807, 2.05) is 0 Å². The maximum absolute atomic E-state index is 13.3. The number of thioether (sulfide) groups is 1. The highest BCUT2D eigenvalue weighted by Crippen LogP contribution is 2.23. The quantitative estimate of drug-likeness (QED) is 0.620. The summed E-state index contributed by atoms with van der Waals surface area (Å²) >= 11 is 1.20. The van der Waals surface area contributed by atoms with Gasteiger partial charge in [0, 0.05) is 11.7 Å². The Labute approximate surface area is 167 Å². The molecule has 0 spiro atoms. The van der Waals surface area contributed by atoms with Crippen LogP contribution in [0.1, 0.15) is 31.5 Å². The normalized spacial score (nSPS) is 15.1. The van der Waals surface area contributed by atoms with E-state index in [1.165, 1.54) is 23.9 Å². The molecular weight excluding hydrogens is 405 g/mol. The fraction of sp³-hybridized carbons (Fsp3) is 0.471. The molecule has 11 heteroatoms. The van der Waals surface area contributed by atoms with Crippen molar-refractivity contribution in [2.75, 3.05) is 12.0 Å². The smallest absolute Gasteiger partial charge is 0.230 e. The molecule has 1 aromatic carbocycles. The molecule has 0 saturated heterocycles. The Morgan fingerprint density at radius 1 is 1.25 bits per heavy atom. The number of sulfonamides is 1. The van der Waals surface area contributed by atoms with Crippen LogP contribution >= 0.6 is 11.8 Å². The van der Waals surface area contributed by atoms with E-state index in [-0.39, 0.29) is 24.2 Å². The van der Waals surface area contributed by atoms with Gasteiger partial charge in [0.1, 0.15) is 5.82 Å². The zero-order chi connectivity index (χ0) is 20.1. The van der Waals surface area contributed by atoms with E-state index in [0.29, 0.717) is 16.7 Å². The second-order valence-electron chi connectivity index (χ2n) is 6.64. The third kappa shape index (κ3) is 5.76. The lowest BCUT2D eigenvalue weighted by Crippen LogP contribution is -2.33. The summed E-state index contributed by atoms with van der Waals surface area (Å²) in [6.07, 6.45) is 5.32. The molecule has 0 bridgehead atoms. The van der Waals surface area contributed by atoms with E-state index in [9.17, 15) is 17.6 Å². The number of rotatable bonds is 8. The van der Waals surface area contributed by atoms with Crippen molar-refractivity contribution < 1.29 is 17.6 Å². The third-order valence-corrected chi connectivity index (χ3v) is 5.93. The van der Waals surface area contributed by atoms with Crippen LogP contribution in [-0.2, 0) is 21.4 Å². The first-order valence-corrected chi connectivity index (χ1v) is 11.8. The molecule has 1 amide bonds. The lowest BCUT2D eigenvalue weighted by molar-refractivity contribution is -0.119. The average Bonchev–Trinajstić information content (AvgIpc) is 3.28. The molecule has 8 nitrogen and oxygen atoms in total. The number of halogens is 1. The minimum atomic E-state index is -3.42. The minimum Gasteiger partial charge on any atom is -0.353 e. The fourth-order valence-electron chi connectivity index (χ4n) is 3.02. The van der Waals surface area contributed by atoms with E-state index in [0.717, 1.165) is 31.9 Å². The molecule has 1 fully saturated rings. The summed E-state index contributed by atoms with van der Waals surface area (Å²) in [5, 5.41) is 11.6. The largest absolute Gasteiger partial charge is 0.353 e. The number of carbonyl (C=O) groups excluding carboxylic acids is 1. The number of hydrogen-bond acceptors (Lipinski definition) is 6. The van der Waals surface area contributed by atoms with Gasteiger partial charge >= 0.3 is 0 Å². The van der Waals surface area contributed by atoms with Gasteiger partial charge < -0.3 is 5.32 Å². The van der Waals surface area contributed by atoms with Gasteiger partial charge in [-0.3, -0.25) is 9.36 Å². The fourth-order valence-corrected chi connectivity index (χ4v) is 4.20. The molecule has 2 aromatic rings. The van der Waals surface area contributed by atoms with Crippen LogP contribution in [0, 0.1) is 5.82 Å². The highest BCUT2D eigenvalue weighted by atomic mass is 32.2. The Hall–Kier alpha value is -1.98. The highest BCUT2D eigenvalue weighted by Gasteiger charge is 2.20. The van der Waals surface area contributed by atoms with Gasteiger partial charge in [-0.2, -0.15) is 0 Å². The van der Waals surface area contributed by atoms with Crippen LogP contribution in [0.15, 0.2) is 29.4 Å². The number of amides is 1. The van der Waals surface area contributed by atoms with Crippen molar-refractivity contribution in [1.29, 1.82) is 0 Å². The van der Waals surface area contributed by atoms with Gasteiger partial charge in [-0.1, -0.05) is 24.6 Å². The lowest BCUT2D eigenvalue weighted by atomic mass is 10.2. The van der Waals surface area contributed by atoms with Crippen LogP contribution in [0.3, 0.4) is 0 Å². The van der Waals surface area contributed by atoms with Gasteiger partial charge in [-0.05, 0) is 37.1 Å². The molecule has 1 aromatic heterocycles. The van der Waals surface area contributed by atoms with Gasteiger partial charge in [0.2, 0.25) is 15.9 Å². The standard InChI is InChI=1S/C17H22FN5O3S2/c1-28(25,26)19-10-15-21-22-17(23(15)14-8-6-12(18)7-9-14)27-11-16(24)20-13-4-2-3-5-13/h6-9,13,19H,2-5,10-11H2,1H3,(H,20,24). The molecular formula is C17H22FN5O3S2. The highest BCUT2D eigenvalue weighted by molar-refractivity contribution is 7.99. The zero-order valence-electron chi connectivity index (χ0n) is 15.4. The monoisotopic (exact) mass is 427 g/mol. The van der Waals surface area contributed by atoms with Crippen LogP contribution in [0.25, 0.3) is 5.69 Å². The van der Waals surface area contributed by atoms with Crippen molar-refractivity contribution in [3.8, 4) is 5.69 Å². The minimum absolute atomic E-state index is 0.0714. The van der Waals surface area contributed by atoms with E-state index in [4.69, 9.17) is 0 Å². The van der Waals surface area contributed by atoms with Crippen LogP contribution < -0.4 is 10.0 Å². The van der Waals surface area contributed by atoms with Gasteiger partial charge in [0.15, 0.2) is 11.0 Å². The Balaban J connectivity index is 1.76. The predicted octanol–water partition coefficient (Wildman–Crippen LogP) is 1.61. The molecule has 0 radical (unpaired) electrons. The summed E-state index contributed by atoms with van der Waals surface area (Å²) in [7, 11) is -3.42. The summed E-state index contributed by atoms with van der Waals surface area (Å²) < 4.78 is 40.1. The second kappa shape index (κ2) is 9.01. The van der Waals surface area contributed by atoms with Crippen molar-refractivity contribution in [1.82, 2.24) is 24.8 Å². The van der Waals surface area contributed by atoms with Crippen molar-refractivity contribution in [3.63, 3.8) is 0 Å². The first-order chi connectivity index (χ1) is 13.3. The lowest BCUT2D eigenvalue weighted by Gasteiger charge is -2.12. The molecule has 2 N–H and O–H groups in total. The molecule has 1 heterocycles. The second-order valence-corrected chi connectivity index (χ2v) is 9.42. The van der Waals surface area contributed by atoms with Gasteiger partial charge in [0.05, 0.1) is 18.6 Å². The topological polar surface area (TPSA) is 106 Å². The van der Waals surface area contributed by atoms with Crippen molar-refractivity contribution in [2.24, 2.45) is 0 Å². The van der Waals surface area contributed by atoms with Crippen LogP contribution in [-0.4, -0.2) is 47.1 Å². The predicted molar refractivity (Wildman–Crippen MR) is 104 cm³/mol. The van der Waals surface area contributed by atoms with Gasteiger partial charge in [-0.15, -0.1) is 10.2 Å². The Morgan fingerprint density at radius 2 is 1.93 bits per heavy atom. The average molecular weight is 428 g/mol. The Morgan fingerprint density at radius 3 is 2.57 bits per heavy atom. The van der Waals surface area contributed by atoms with E-state index in [1.54, 1.807) is 16.7 Å². The van der Waals surface area contributed by atoms with Gasteiger partial charge in [-0.25, -0.2) is 17.5 Å². The van der Waals surface area contributed by atoms with Crippen molar-refractivity contribution in [2.45, 2.75) is 43.4 Å². The molecule has 0 unspecified atom stereocenters. The van der Waals surface area contributed by atoms with Crippen molar-refractivity contribution in [3.05, 3.63) is 35.9 Å². The van der Waals surface area contributed by atoms with E-state index < -0.39 is 15.8 Å². The molecule has 0 atom stereocenters. The van der Waals surface area contributed by atoms with Crippen molar-refractivity contribution >= 4 is 27.7 Å². The van der Waals surface area contributed by atoms with Crippen LogP contribution in [0.5, 0.6) is 0 Å². The van der Waals surface area contributed by atoms with Gasteiger partial charge in [0.25, 0.3) is 0 Å². The van der Waals surface area contributed by atoms with E-state index in [2.05, 4.69) is 20.2 Å². The number of hydrogen-bond donors (Lipinski definition) is 2. The zero-order valence-corrected chi connectivity index (χ0v) is 17.0. The summed E-state index contributed by atoms with van der Waals surface area (Å²) in [5.74, 6) is 0.0323. The van der Waals surface area contributed by atoms with Crippen LogP contribution in [0.2, 0.25) is 0 Å². The SMILES string of the molecule is CS(=O)(=O)NCc1nnc(SCC(=O)NC2CCCC2)n1-c1ccc(F)cc1. The number of nitrogens with one attached hydrogen (secondary N) is 2. The first kappa shape index (κ1) is 20.7. The first-order valence-electron chi connectivity index (χ1n) is 8.89. The molecule has 3 rings (SSSR count). The molecule has 1 saturated carbocycles. The number of benzene rings is 1. The number of carbonyl (C=O) groups is 1. The maximum atomic E-state index is 13.3. The Bertz CT molecular complexity index is 925. The molecule has 1 aliphatic carbocycles. The third-order valence-electron chi connectivity index (χ3n) is 4.33. The summed E-state index contributed by atoms with van der Waals surface area (Å²) in [5.41, 5.74) is 0.579. The molecule has 28 heavy (non-hydrogen) atoms. The number of aromatic nitrogens is 3. The summed E-state index contributed by atoms with van der Waals surface area (Å²) in [4.78, 5) is 12.2. The van der Waals surface area contributed by atoms with E-state index >= 15 is 0 Å².